The molecule has 0 saturated carbocycles. The SMILES string of the molecule is O=Cc1cc(-c2cnc[nH]2)ccc1Br. The molecule has 14 heavy (non-hydrogen) atoms. The van der Waals surface area contributed by atoms with Crippen molar-refractivity contribution in [3.05, 3.63) is 40.8 Å². The van der Waals surface area contributed by atoms with Crippen LogP contribution < -0.4 is 0 Å². The Morgan fingerprint density at radius 1 is 1.43 bits per heavy atom. The third-order valence-corrected chi connectivity index (χ3v) is 2.65. The Labute approximate surface area is 89.3 Å². The molecule has 0 aliphatic rings. The Morgan fingerprint density at radius 2 is 2.29 bits per heavy atom. The molecule has 0 unspecified atom stereocenters. The second-order valence-electron chi connectivity index (χ2n) is 2.82. The summed E-state index contributed by atoms with van der Waals surface area (Å²) in [6.45, 7) is 0. The van der Waals surface area contributed by atoms with E-state index in [2.05, 4.69) is 25.9 Å². The molecular weight excluding hydrogens is 244 g/mol. The summed E-state index contributed by atoms with van der Waals surface area (Å²) >= 11 is 3.30. The molecule has 0 radical (unpaired) electrons. The van der Waals surface area contributed by atoms with Crippen molar-refractivity contribution in [2.24, 2.45) is 0 Å². The van der Waals surface area contributed by atoms with E-state index in [4.69, 9.17) is 0 Å². The number of aldehydes is 1. The Bertz CT molecular complexity index is 451. The first-order chi connectivity index (χ1) is 6.81. The molecule has 0 amide bonds. The van der Waals surface area contributed by atoms with E-state index >= 15 is 0 Å². The fraction of sp³-hybridized carbons (Fsp3) is 0. The summed E-state index contributed by atoms with van der Waals surface area (Å²) in [5.41, 5.74) is 2.49. The highest BCUT2D eigenvalue weighted by atomic mass is 79.9. The zero-order valence-corrected chi connectivity index (χ0v) is 8.78. The van der Waals surface area contributed by atoms with Crippen LogP contribution in [0.25, 0.3) is 11.3 Å². The summed E-state index contributed by atoms with van der Waals surface area (Å²) in [5.74, 6) is 0. The summed E-state index contributed by atoms with van der Waals surface area (Å²) in [5, 5.41) is 0. The van der Waals surface area contributed by atoms with Gasteiger partial charge in [0.2, 0.25) is 0 Å². The molecule has 1 aromatic carbocycles. The average molecular weight is 251 g/mol. The summed E-state index contributed by atoms with van der Waals surface area (Å²) in [6, 6.07) is 5.58. The summed E-state index contributed by atoms with van der Waals surface area (Å²) in [6.07, 6.45) is 4.15. The van der Waals surface area contributed by atoms with Gasteiger partial charge < -0.3 is 4.98 Å². The highest BCUT2D eigenvalue weighted by Gasteiger charge is 2.03. The van der Waals surface area contributed by atoms with Gasteiger partial charge in [-0.1, -0.05) is 22.0 Å². The number of nitrogens with one attached hydrogen (secondary N) is 1. The largest absolute Gasteiger partial charge is 0.345 e. The lowest BCUT2D eigenvalue weighted by atomic mass is 10.1. The number of aromatic nitrogens is 2. The van der Waals surface area contributed by atoms with Gasteiger partial charge in [0.25, 0.3) is 0 Å². The molecule has 0 bridgehead atoms. The number of hydrogen-bond acceptors (Lipinski definition) is 2. The van der Waals surface area contributed by atoms with Crippen molar-refractivity contribution >= 4 is 22.2 Å². The topological polar surface area (TPSA) is 45.8 Å². The van der Waals surface area contributed by atoms with Crippen LogP contribution in [0.2, 0.25) is 0 Å². The molecule has 1 aromatic heterocycles. The fourth-order valence-corrected chi connectivity index (χ4v) is 1.56. The monoisotopic (exact) mass is 250 g/mol. The summed E-state index contributed by atoms with van der Waals surface area (Å²) in [4.78, 5) is 17.6. The summed E-state index contributed by atoms with van der Waals surface area (Å²) < 4.78 is 0.802. The molecule has 2 aromatic rings. The molecule has 0 aliphatic carbocycles. The molecule has 0 aliphatic heterocycles. The van der Waals surface area contributed by atoms with Crippen LogP contribution in [-0.2, 0) is 0 Å². The first-order valence-corrected chi connectivity index (χ1v) is 4.84. The number of halogens is 1. The van der Waals surface area contributed by atoms with Crippen LogP contribution >= 0.6 is 15.9 Å². The van der Waals surface area contributed by atoms with Crippen LogP contribution in [0.5, 0.6) is 0 Å². The summed E-state index contributed by atoms with van der Waals surface area (Å²) in [7, 11) is 0. The number of carbonyl (C=O) groups is 1. The molecule has 1 heterocycles. The quantitative estimate of drug-likeness (QED) is 0.834. The van der Waals surface area contributed by atoms with E-state index in [0.717, 1.165) is 22.0 Å². The number of nitrogens with zero attached hydrogens (tertiary/aromatic N) is 1. The number of benzene rings is 1. The van der Waals surface area contributed by atoms with E-state index in [9.17, 15) is 4.79 Å². The van der Waals surface area contributed by atoms with Crippen LogP contribution in [0.15, 0.2) is 35.2 Å². The standard InChI is InChI=1S/C10H7BrN2O/c11-9-2-1-7(3-8(9)5-14)10-4-12-6-13-10/h1-6H,(H,12,13). The lowest BCUT2D eigenvalue weighted by Crippen LogP contribution is -1.84. The second-order valence-corrected chi connectivity index (χ2v) is 3.67. The molecule has 3 nitrogen and oxygen atoms in total. The first-order valence-electron chi connectivity index (χ1n) is 4.05. The van der Waals surface area contributed by atoms with E-state index in [0.29, 0.717) is 5.56 Å². The highest BCUT2D eigenvalue weighted by Crippen LogP contribution is 2.22. The van der Waals surface area contributed by atoms with Crippen LogP contribution in [0.4, 0.5) is 0 Å². The highest BCUT2D eigenvalue weighted by molar-refractivity contribution is 9.10. The van der Waals surface area contributed by atoms with Gasteiger partial charge in [-0.15, -0.1) is 0 Å². The zero-order valence-electron chi connectivity index (χ0n) is 7.20. The van der Waals surface area contributed by atoms with Gasteiger partial charge in [0.15, 0.2) is 6.29 Å². The fourth-order valence-electron chi connectivity index (χ4n) is 1.22. The average Bonchev–Trinajstić information content (AvgIpc) is 2.71. The zero-order chi connectivity index (χ0) is 9.97. The lowest BCUT2D eigenvalue weighted by Gasteiger charge is -2.00. The maximum Gasteiger partial charge on any atom is 0.151 e. The van der Waals surface area contributed by atoms with E-state index in [-0.39, 0.29) is 0 Å². The van der Waals surface area contributed by atoms with Crippen LogP contribution in [-0.4, -0.2) is 16.3 Å². The van der Waals surface area contributed by atoms with Gasteiger partial charge in [-0.25, -0.2) is 4.98 Å². The van der Waals surface area contributed by atoms with Crippen LogP contribution in [0.3, 0.4) is 0 Å². The maximum atomic E-state index is 10.7. The minimum atomic E-state index is 0.636. The van der Waals surface area contributed by atoms with Gasteiger partial charge in [0, 0.05) is 15.6 Å². The molecule has 1 N–H and O–H groups in total. The van der Waals surface area contributed by atoms with Crippen molar-refractivity contribution in [2.75, 3.05) is 0 Å². The van der Waals surface area contributed by atoms with Gasteiger partial charge in [-0.05, 0) is 12.1 Å². The molecular formula is C10H7BrN2O. The van der Waals surface area contributed by atoms with Gasteiger partial charge in [0.05, 0.1) is 18.2 Å². The minimum Gasteiger partial charge on any atom is -0.345 e. The van der Waals surface area contributed by atoms with E-state index in [1.54, 1.807) is 12.5 Å². The smallest absolute Gasteiger partial charge is 0.151 e. The van der Waals surface area contributed by atoms with Gasteiger partial charge in [0.1, 0.15) is 0 Å². The third-order valence-electron chi connectivity index (χ3n) is 1.93. The number of carbonyl (C=O) groups excluding carboxylic acids is 1. The van der Waals surface area contributed by atoms with Crippen LogP contribution in [0, 0.1) is 0 Å². The van der Waals surface area contributed by atoms with Gasteiger partial charge >= 0.3 is 0 Å². The van der Waals surface area contributed by atoms with Crippen molar-refractivity contribution in [1.82, 2.24) is 9.97 Å². The molecule has 0 saturated heterocycles. The predicted molar refractivity (Wildman–Crippen MR) is 57.1 cm³/mol. The Morgan fingerprint density at radius 3 is 2.93 bits per heavy atom. The molecule has 2 rings (SSSR count). The van der Waals surface area contributed by atoms with E-state index in [1.165, 1.54) is 0 Å². The third kappa shape index (κ3) is 1.61. The molecule has 4 heteroatoms. The van der Waals surface area contributed by atoms with Gasteiger partial charge in [-0.2, -0.15) is 0 Å². The maximum absolute atomic E-state index is 10.7. The molecule has 70 valence electrons. The molecule has 0 atom stereocenters. The predicted octanol–water partition coefficient (Wildman–Crippen LogP) is 2.65. The van der Waals surface area contributed by atoms with Crippen LogP contribution in [0.1, 0.15) is 10.4 Å². The number of H-pyrrole nitrogens is 1. The Kier molecular flexibility index (Phi) is 2.45. The lowest BCUT2D eigenvalue weighted by molar-refractivity contribution is 0.112. The Balaban J connectivity index is 2.51. The normalized spacial score (nSPS) is 10.1. The van der Waals surface area contributed by atoms with Crippen molar-refractivity contribution in [3.8, 4) is 11.3 Å². The van der Waals surface area contributed by atoms with E-state index < -0.39 is 0 Å². The van der Waals surface area contributed by atoms with Crippen molar-refractivity contribution in [3.63, 3.8) is 0 Å². The van der Waals surface area contributed by atoms with E-state index in [1.807, 2.05) is 18.2 Å². The van der Waals surface area contributed by atoms with Crippen molar-refractivity contribution in [1.29, 1.82) is 0 Å². The first kappa shape index (κ1) is 9.15. The number of rotatable bonds is 2. The number of aromatic amines is 1. The number of hydrogen-bond donors (Lipinski definition) is 1. The van der Waals surface area contributed by atoms with Crippen molar-refractivity contribution in [2.45, 2.75) is 0 Å². The number of imidazole rings is 1. The Hall–Kier alpha value is -1.42. The second kappa shape index (κ2) is 3.75. The molecule has 0 fully saturated rings. The van der Waals surface area contributed by atoms with Gasteiger partial charge in [-0.3, -0.25) is 4.79 Å². The minimum absolute atomic E-state index is 0.636. The molecule has 0 spiro atoms. The van der Waals surface area contributed by atoms with Crippen molar-refractivity contribution < 1.29 is 4.79 Å².